The Morgan fingerprint density at radius 3 is 2.00 bits per heavy atom. The lowest BCUT2D eigenvalue weighted by atomic mass is 9.73. The smallest absolute Gasteiger partial charge is 0.266 e. The molecule has 1 aliphatic heterocycles. The summed E-state index contributed by atoms with van der Waals surface area (Å²) >= 11 is 0. The summed E-state index contributed by atoms with van der Waals surface area (Å²) in [5.41, 5.74) is -1.83. The highest BCUT2D eigenvalue weighted by Crippen LogP contribution is 2.57. The van der Waals surface area contributed by atoms with Gasteiger partial charge in [-0.2, -0.15) is 0 Å². The number of hydrogen-bond donors (Lipinski definition) is 1. The predicted octanol–water partition coefficient (Wildman–Crippen LogP) is 1.55. The highest BCUT2D eigenvalue weighted by atomic mass is 19.3. The van der Waals surface area contributed by atoms with Gasteiger partial charge in [0.05, 0.1) is 13.2 Å². The number of aliphatic hydroxyl groups is 1. The van der Waals surface area contributed by atoms with Crippen LogP contribution in [0.5, 0.6) is 0 Å². The largest absolute Gasteiger partial charge is 0.384 e. The minimum absolute atomic E-state index is 0.0762. The highest BCUT2D eigenvalue weighted by molar-refractivity contribution is 5.06. The average molecular weight is 234 g/mol. The fourth-order valence-corrected chi connectivity index (χ4v) is 3.66. The van der Waals surface area contributed by atoms with Gasteiger partial charge in [-0.15, -0.1) is 0 Å². The molecule has 0 aromatic carbocycles. The maximum atomic E-state index is 12.8. The molecule has 1 heterocycles. The highest BCUT2D eigenvalue weighted by Gasteiger charge is 2.63. The Balaban J connectivity index is 1.87. The van der Waals surface area contributed by atoms with Gasteiger partial charge in [0.2, 0.25) is 0 Å². The first-order valence-electron chi connectivity index (χ1n) is 5.85. The molecular weight excluding hydrogens is 218 g/mol. The van der Waals surface area contributed by atoms with E-state index in [-0.39, 0.29) is 24.7 Å². The molecule has 3 nitrogen and oxygen atoms in total. The van der Waals surface area contributed by atoms with Gasteiger partial charge in [0.15, 0.2) is 5.79 Å². The topological polar surface area (TPSA) is 38.7 Å². The summed E-state index contributed by atoms with van der Waals surface area (Å²) in [6.45, 7) is 1.08. The van der Waals surface area contributed by atoms with Crippen molar-refractivity contribution in [2.75, 3.05) is 13.2 Å². The van der Waals surface area contributed by atoms with E-state index in [4.69, 9.17) is 9.47 Å². The van der Waals surface area contributed by atoms with Crippen molar-refractivity contribution in [1.29, 1.82) is 0 Å². The fourth-order valence-electron chi connectivity index (χ4n) is 3.66. The average Bonchev–Trinajstić information content (AvgIpc) is 2.77. The summed E-state index contributed by atoms with van der Waals surface area (Å²) in [6, 6.07) is 0. The van der Waals surface area contributed by atoms with Crippen LogP contribution in [0, 0.1) is 11.8 Å². The Labute approximate surface area is 92.7 Å². The molecule has 2 bridgehead atoms. The third kappa shape index (κ3) is 1.28. The maximum Gasteiger partial charge on any atom is 0.266 e. The molecule has 16 heavy (non-hydrogen) atoms. The van der Waals surface area contributed by atoms with Crippen molar-refractivity contribution in [3.63, 3.8) is 0 Å². The van der Waals surface area contributed by atoms with E-state index in [9.17, 15) is 13.9 Å². The Bertz CT molecular complexity index is 273. The van der Waals surface area contributed by atoms with Crippen molar-refractivity contribution in [3.05, 3.63) is 0 Å². The molecule has 2 saturated carbocycles. The Morgan fingerprint density at radius 1 is 1.06 bits per heavy atom. The zero-order chi connectivity index (χ0) is 11.4. The van der Waals surface area contributed by atoms with Crippen LogP contribution in [0.4, 0.5) is 8.78 Å². The molecule has 5 heteroatoms. The summed E-state index contributed by atoms with van der Waals surface area (Å²) in [4.78, 5) is 0. The van der Waals surface area contributed by atoms with Crippen LogP contribution in [0.15, 0.2) is 0 Å². The van der Waals surface area contributed by atoms with Gasteiger partial charge in [0.25, 0.3) is 6.43 Å². The van der Waals surface area contributed by atoms with Crippen LogP contribution in [0.3, 0.4) is 0 Å². The lowest BCUT2D eigenvalue weighted by Gasteiger charge is -2.45. The van der Waals surface area contributed by atoms with Crippen LogP contribution in [-0.2, 0) is 9.47 Å². The first kappa shape index (κ1) is 10.9. The zero-order valence-electron chi connectivity index (χ0n) is 8.99. The minimum Gasteiger partial charge on any atom is -0.384 e. The first-order valence-corrected chi connectivity index (χ1v) is 5.85. The molecule has 3 fully saturated rings. The van der Waals surface area contributed by atoms with E-state index in [0.717, 1.165) is 12.8 Å². The second kappa shape index (κ2) is 3.37. The Hall–Kier alpha value is -0.260. The van der Waals surface area contributed by atoms with Gasteiger partial charge >= 0.3 is 0 Å². The van der Waals surface area contributed by atoms with E-state index >= 15 is 0 Å². The van der Waals surface area contributed by atoms with Gasteiger partial charge in [-0.3, -0.25) is 0 Å². The monoisotopic (exact) mass is 234 g/mol. The number of rotatable bonds is 1. The molecule has 92 valence electrons. The molecular formula is C11H16F2O3. The molecule has 3 aliphatic rings. The molecule has 3 rings (SSSR count). The lowest BCUT2D eigenvalue weighted by molar-refractivity contribution is -0.263. The van der Waals surface area contributed by atoms with Crippen molar-refractivity contribution >= 4 is 0 Å². The standard InChI is InChI=1S/C11H16F2O3/c12-9(13)10(14)5-7-1-2-8(6-10)11(7)15-3-4-16-11/h7-9,14H,1-6H2. The van der Waals surface area contributed by atoms with Gasteiger partial charge in [0, 0.05) is 11.8 Å². The Morgan fingerprint density at radius 2 is 1.56 bits per heavy atom. The fraction of sp³-hybridized carbons (Fsp3) is 1.00. The molecule has 2 atom stereocenters. The molecule has 1 N–H and O–H groups in total. The molecule has 1 saturated heterocycles. The van der Waals surface area contributed by atoms with Crippen molar-refractivity contribution in [2.24, 2.45) is 11.8 Å². The van der Waals surface area contributed by atoms with Crippen LogP contribution >= 0.6 is 0 Å². The van der Waals surface area contributed by atoms with Crippen molar-refractivity contribution < 1.29 is 23.4 Å². The molecule has 2 aliphatic carbocycles. The number of ether oxygens (including phenoxy) is 2. The molecule has 0 radical (unpaired) electrons. The van der Waals surface area contributed by atoms with E-state index in [1.54, 1.807) is 0 Å². The van der Waals surface area contributed by atoms with Crippen LogP contribution in [0.25, 0.3) is 0 Å². The van der Waals surface area contributed by atoms with Gasteiger partial charge < -0.3 is 14.6 Å². The van der Waals surface area contributed by atoms with Crippen LogP contribution in [0.2, 0.25) is 0 Å². The minimum atomic E-state index is -2.67. The second-order valence-electron chi connectivity index (χ2n) is 5.20. The number of hydrogen-bond acceptors (Lipinski definition) is 3. The number of halogens is 2. The van der Waals surface area contributed by atoms with Crippen LogP contribution < -0.4 is 0 Å². The SMILES string of the molecule is OC1(C(F)F)CC2CCC(C1)C21OCCO1. The van der Waals surface area contributed by atoms with Crippen molar-refractivity contribution in [1.82, 2.24) is 0 Å². The van der Waals surface area contributed by atoms with E-state index in [2.05, 4.69) is 0 Å². The van der Waals surface area contributed by atoms with Gasteiger partial charge in [-0.05, 0) is 25.7 Å². The molecule has 0 aromatic heterocycles. The van der Waals surface area contributed by atoms with Crippen molar-refractivity contribution in [3.8, 4) is 0 Å². The van der Waals surface area contributed by atoms with Gasteiger partial charge in [-0.25, -0.2) is 8.78 Å². The summed E-state index contributed by atoms with van der Waals surface area (Å²) in [5, 5.41) is 9.91. The summed E-state index contributed by atoms with van der Waals surface area (Å²) in [6.07, 6.45) is -0.837. The second-order valence-corrected chi connectivity index (χ2v) is 5.20. The summed E-state index contributed by atoms with van der Waals surface area (Å²) < 4.78 is 37.0. The van der Waals surface area contributed by atoms with Crippen LogP contribution in [0.1, 0.15) is 25.7 Å². The van der Waals surface area contributed by atoms with E-state index in [1.165, 1.54) is 0 Å². The third-order valence-corrected chi connectivity index (χ3v) is 4.35. The van der Waals surface area contributed by atoms with Crippen molar-refractivity contribution in [2.45, 2.75) is 43.5 Å². The van der Waals surface area contributed by atoms with E-state index in [1.807, 2.05) is 0 Å². The van der Waals surface area contributed by atoms with Gasteiger partial charge in [0.1, 0.15) is 5.60 Å². The molecule has 2 unspecified atom stereocenters. The first-order chi connectivity index (χ1) is 7.57. The van der Waals surface area contributed by atoms with E-state index in [0.29, 0.717) is 13.2 Å². The number of alkyl halides is 2. The molecule has 0 aromatic rings. The summed E-state index contributed by atoms with van der Waals surface area (Å²) in [7, 11) is 0. The summed E-state index contributed by atoms with van der Waals surface area (Å²) in [5.74, 6) is -0.804. The van der Waals surface area contributed by atoms with Gasteiger partial charge in [-0.1, -0.05) is 0 Å². The third-order valence-electron chi connectivity index (χ3n) is 4.35. The molecule has 0 amide bonds. The lowest BCUT2D eigenvalue weighted by Crippen LogP contribution is -2.54. The normalized spacial score (nSPS) is 45.8. The maximum absolute atomic E-state index is 12.8. The quantitative estimate of drug-likeness (QED) is 0.748. The Kier molecular flexibility index (Phi) is 2.29. The predicted molar refractivity (Wildman–Crippen MR) is 51.0 cm³/mol. The van der Waals surface area contributed by atoms with E-state index < -0.39 is 17.8 Å². The van der Waals surface area contributed by atoms with Crippen LogP contribution in [-0.4, -0.2) is 36.1 Å². The molecule has 1 spiro atoms. The zero-order valence-corrected chi connectivity index (χ0v) is 8.99.